The van der Waals surface area contributed by atoms with E-state index in [2.05, 4.69) is 25.6 Å². The number of anilines is 3. The SMILES string of the molecule is CC(C)(C)OC(=O)N1CCC(Nc2ncc3nc(Nc4c(F)cc(Cl)cc4F)n(C4CCC(C(N)=O)CC4)c3n2)C(F)C1. The lowest BCUT2D eigenvalue weighted by atomic mass is 9.85. The molecule has 2 aliphatic rings. The minimum atomic E-state index is -1.41. The fourth-order valence-corrected chi connectivity index (χ4v) is 5.70. The van der Waals surface area contributed by atoms with E-state index in [0.29, 0.717) is 43.3 Å². The third-order valence-electron chi connectivity index (χ3n) is 7.65. The van der Waals surface area contributed by atoms with Crippen molar-refractivity contribution >= 4 is 52.3 Å². The number of carbonyl (C=O) groups is 2. The molecular formula is C28H34ClF3N8O3. The van der Waals surface area contributed by atoms with Crippen LogP contribution in [0.4, 0.5) is 35.5 Å². The quantitative estimate of drug-likeness (QED) is 0.328. The van der Waals surface area contributed by atoms with Crippen LogP contribution in [0.25, 0.3) is 11.2 Å². The van der Waals surface area contributed by atoms with E-state index in [1.165, 1.54) is 11.1 Å². The molecule has 15 heteroatoms. The second kappa shape index (κ2) is 12.1. The van der Waals surface area contributed by atoms with Crippen molar-refractivity contribution in [2.24, 2.45) is 11.7 Å². The predicted molar refractivity (Wildman–Crippen MR) is 155 cm³/mol. The zero-order chi connectivity index (χ0) is 31.1. The molecule has 232 valence electrons. The van der Waals surface area contributed by atoms with Crippen LogP contribution in [0.1, 0.15) is 58.9 Å². The van der Waals surface area contributed by atoms with Crippen molar-refractivity contribution in [1.82, 2.24) is 24.4 Å². The number of amides is 2. The van der Waals surface area contributed by atoms with Crippen LogP contribution < -0.4 is 16.4 Å². The van der Waals surface area contributed by atoms with Gasteiger partial charge in [-0.15, -0.1) is 0 Å². The second-order valence-electron chi connectivity index (χ2n) is 12.0. The molecule has 11 nitrogen and oxygen atoms in total. The fourth-order valence-electron chi connectivity index (χ4n) is 5.51. The molecule has 5 rings (SSSR count). The summed E-state index contributed by atoms with van der Waals surface area (Å²) in [5, 5.41) is 5.69. The minimum Gasteiger partial charge on any atom is -0.444 e. The Morgan fingerprint density at radius 3 is 2.37 bits per heavy atom. The number of hydrogen-bond acceptors (Lipinski definition) is 8. The van der Waals surface area contributed by atoms with Gasteiger partial charge in [0.1, 0.15) is 23.0 Å². The summed E-state index contributed by atoms with van der Waals surface area (Å²) in [6.45, 7) is 5.37. The lowest BCUT2D eigenvalue weighted by Gasteiger charge is -2.35. The topological polar surface area (TPSA) is 140 Å². The highest BCUT2D eigenvalue weighted by Gasteiger charge is 2.35. The predicted octanol–water partition coefficient (Wildman–Crippen LogP) is 5.48. The number of likely N-dealkylation sites (tertiary alicyclic amines) is 1. The molecule has 2 amide bonds. The van der Waals surface area contributed by atoms with E-state index in [0.717, 1.165) is 12.1 Å². The molecule has 3 heterocycles. The van der Waals surface area contributed by atoms with Gasteiger partial charge in [-0.25, -0.2) is 27.9 Å². The summed E-state index contributed by atoms with van der Waals surface area (Å²) >= 11 is 5.79. The van der Waals surface area contributed by atoms with Crippen LogP contribution in [0.15, 0.2) is 18.3 Å². The van der Waals surface area contributed by atoms with Crippen molar-refractivity contribution in [3.8, 4) is 0 Å². The number of nitrogens with two attached hydrogens (primary N) is 1. The number of nitrogens with one attached hydrogen (secondary N) is 2. The molecule has 1 aromatic carbocycles. The van der Waals surface area contributed by atoms with E-state index >= 15 is 4.39 Å². The van der Waals surface area contributed by atoms with Gasteiger partial charge in [-0.1, -0.05) is 11.6 Å². The van der Waals surface area contributed by atoms with Crippen LogP contribution in [-0.2, 0) is 9.53 Å². The van der Waals surface area contributed by atoms with Gasteiger partial charge < -0.3 is 26.0 Å². The standard InChI is InChI=1S/C28H34ClF3N8O3/c1-28(2,3)43-27(42)39-9-8-20(19(32)13-39)35-25-34-12-21-24(38-25)40(16-6-4-14(5-7-16)23(33)41)26(36-21)37-22-17(30)10-15(29)11-18(22)31/h10-12,14,16,19-20H,4-9,13H2,1-3H3,(H2,33,41)(H,36,37)(H,34,35,38). The van der Waals surface area contributed by atoms with Gasteiger partial charge in [-0.2, -0.15) is 4.98 Å². The maximum Gasteiger partial charge on any atom is 0.410 e. The zero-order valence-corrected chi connectivity index (χ0v) is 24.8. The number of halogens is 4. The van der Waals surface area contributed by atoms with E-state index < -0.39 is 41.2 Å². The molecule has 1 aliphatic carbocycles. The zero-order valence-electron chi connectivity index (χ0n) is 24.0. The molecule has 1 saturated carbocycles. The molecule has 0 bridgehead atoms. The van der Waals surface area contributed by atoms with Gasteiger partial charge in [0.2, 0.25) is 17.8 Å². The third kappa shape index (κ3) is 6.89. The Hall–Kier alpha value is -3.81. The van der Waals surface area contributed by atoms with Crippen molar-refractivity contribution < 1.29 is 27.5 Å². The first kappa shape index (κ1) is 30.6. The van der Waals surface area contributed by atoms with Crippen LogP contribution in [0.5, 0.6) is 0 Å². The summed E-state index contributed by atoms with van der Waals surface area (Å²) in [5.41, 5.74) is 5.10. The number of ether oxygens (including phenoxy) is 1. The Bertz CT molecular complexity index is 1500. The Labute approximate surface area is 251 Å². The van der Waals surface area contributed by atoms with Gasteiger partial charge >= 0.3 is 6.09 Å². The first-order chi connectivity index (χ1) is 20.3. The lowest BCUT2D eigenvalue weighted by molar-refractivity contribution is -0.122. The molecule has 0 radical (unpaired) electrons. The smallest absolute Gasteiger partial charge is 0.410 e. The van der Waals surface area contributed by atoms with Gasteiger partial charge in [0.15, 0.2) is 17.3 Å². The van der Waals surface area contributed by atoms with Crippen molar-refractivity contribution in [1.29, 1.82) is 0 Å². The Morgan fingerprint density at radius 1 is 1.09 bits per heavy atom. The largest absolute Gasteiger partial charge is 0.444 e. The first-order valence-electron chi connectivity index (χ1n) is 14.1. The molecule has 2 fully saturated rings. The van der Waals surface area contributed by atoms with E-state index in [4.69, 9.17) is 22.1 Å². The van der Waals surface area contributed by atoms with Crippen molar-refractivity contribution in [2.45, 2.75) is 76.7 Å². The minimum absolute atomic E-state index is 0.0940. The number of hydrogen-bond donors (Lipinski definition) is 3. The Morgan fingerprint density at radius 2 is 1.77 bits per heavy atom. The van der Waals surface area contributed by atoms with Crippen LogP contribution in [0.2, 0.25) is 5.02 Å². The van der Waals surface area contributed by atoms with E-state index in [1.807, 2.05) is 0 Å². The number of fused-ring (bicyclic) bond motifs is 1. The van der Waals surface area contributed by atoms with Gasteiger partial charge in [0.05, 0.1) is 18.8 Å². The van der Waals surface area contributed by atoms with Crippen LogP contribution in [-0.4, -0.2) is 67.3 Å². The van der Waals surface area contributed by atoms with Crippen molar-refractivity contribution in [3.05, 3.63) is 35.0 Å². The van der Waals surface area contributed by atoms with Gasteiger partial charge in [0, 0.05) is 23.5 Å². The van der Waals surface area contributed by atoms with Crippen LogP contribution in [0.3, 0.4) is 0 Å². The number of alkyl halides is 1. The number of rotatable bonds is 6. The summed E-state index contributed by atoms with van der Waals surface area (Å²) in [4.78, 5) is 38.9. The molecule has 43 heavy (non-hydrogen) atoms. The monoisotopic (exact) mass is 622 g/mol. The molecule has 1 saturated heterocycles. The lowest BCUT2D eigenvalue weighted by Crippen LogP contribution is -2.51. The van der Waals surface area contributed by atoms with Gasteiger partial charge in [-0.05, 0) is 65.0 Å². The molecule has 1 aliphatic heterocycles. The number of nitrogens with zero attached hydrogens (tertiary/aromatic N) is 5. The number of imidazole rings is 1. The van der Waals surface area contributed by atoms with Crippen LogP contribution >= 0.6 is 11.6 Å². The molecule has 0 spiro atoms. The summed E-state index contributed by atoms with van der Waals surface area (Å²) < 4.78 is 51.7. The average Bonchev–Trinajstić information content (AvgIpc) is 3.28. The molecule has 3 aromatic rings. The average molecular weight is 623 g/mol. The maximum atomic E-state index is 15.2. The van der Waals surface area contributed by atoms with Crippen molar-refractivity contribution in [2.75, 3.05) is 23.7 Å². The Balaban J connectivity index is 1.41. The summed E-state index contributed by atoms with van der Waals surface area (Å²) in [6.07, 6.45) is 1.89. The molecule has 2 unspecified atom stereocenters. The molecule has 2 aromatic heterocycles. The number of carbonyl (C=O) groups excluding carboxylic acids is 2. The molecule has 2 atom stereocenters. The second-order valence-corrected chi connectivity index (χ2v) is 12.4. The highest BCUT2D eigenvalue weighted by molar-refractivity contribution is 6.30. The van der Waals surface area contributed by atoms with Gasteiger partial charge in [0.25, 0.3) is 0 Å². The first-order valence-corrected chi connectivity index (χ1v) is 14.5. The van der Waals surface area contributed by atoms with E-state index in [-0.39, 0.29) is 47.9 Å². The Kier molecular flexibility index (Phi) is 8.59. The third-order valence-corrected chi connectivity index (χ3v) is 7.87. The normalized spacial score (nSPS) is 22.8. The highest BCUT2D eigenvalue weighted by atomic mass is 35.5. The summed E-state index contributed by atoms with van der Waals surface area (Å²) in [6, 6.07) is 1.08. The molecular weight excluding hydrogens is 589 g/mol. The summed E-state index contributed by atoms with van der Waals surface area (Å²) in [7, 11) is 0. The highest BCUT2D eigenvalue weighted by Crippen LogP contribution is 2.38. The maximum absolute atomic E-state index is 15.2. The number of primary amides is 1. The summed E-state index contributed by atoms with van der Waals surface area (Å²) in [5.74, 6) is -2.19. The fraction of sp³-hybridized carbons (Fsp3) is 0.536. The number of aromatic nitrogens is 4. The van der Waals surface area contributed by atoms with Gasteiger partial charge in [-0.3, -0.25) is 9.36 Å². The number of benzene rings is 1. The van der Waals surface area contributed by atoms with E-state index in [1.54, 1.807) is 25.3 Å². The van der Waals surface area contributed by atoms with E-state index in [9.17, 15) is 18.4 Å². The van der Waals surface area contributed by atoms with Crippen LogP contribution in [0, 0.1) is 17.6 Å². The van der Waals surface area contributed by atoms with Crippen molar-refractivity contribution in [3.63, 3.8) is 0 Å². The number of piperidine rings is 1. The molecule has 4 N–H and O–H groups in total.